The van der Waals surface area contributed by atoms with Crippen molar-refractivity contribution in [1.82, 2.24) is 16.2 Å². The first-order chi connectivity index (χ1) is 12.1. The van der Waals surface area contributed by atoms with E-state index in [1.54, 1.807) is 12.1 Å². The Morgan fingerprint density at radius 1 is 1.20 bits per heavy atom. The molecule has 0 saturated carbocycles. The zero-order valence-corrected chi connectivity index (χ0v) is 14.2. The molecule has 1 aliphatic heterocycles. The number of hydrazine groups is 1. The Labute approximate surface area is 147 Å². The summed E-state index contributed by atoms with van der Waals surface area (Å²) in [5.74, 6) is -0.513. The Bertz CT molecular complexity index is 692. The van der Waals surface area contributed by atoms with Gasteiger partial charge in [-0.25, -0.2) is 9.82 Å². The number of carbonyl (C=O) groups is 1. The second-order valence-electron chi connectivity index (χ2n) is 6.21. The summed E-state index contributed by atoms with van der Waals surface area (Å²) in [6, 6.07) is 16.1. The molecule has 1 aliphatic rings. The quantitative estimate of drug-likeness (QED) is 0.750. The topological polar surface area (TPSA) is 56.4 Å². The van der Waals surface area contributed by atoms with Gasteiger partial charge >= 0.3 is 0 Å². The van der Waals surface area contributed by atoms with Gasteiger partial charge in [0.05, 0.1) is 12.0 Å². The molecule has 1 heterocycles. The van der Waals surface area contributed by atoms with Crippen LogP contribution in [0.4, 0.5) is 10.1 Å². The maximum atomic E-state index is 13.1. The van der Waals surface area contributed by atoms with Gasteiger partial charge in [-0.3, -0.25) is 10.2 Å². The van der Waals surface area contributed by atoms with Crippen LogP contribution in [0, 0.1) is 11.7 Å². The lowest BCUT2D eigenvalue weighted by molar-refractivity contribution is -0.124. The molecule has 0 spiro atoms. The molecule has 0 aliphatic carbocycles. The Hall–Kier alpha value is -2.44. The molecule has 1 amide bonds. The predicted octanol–water partition coefficient (Wildman–Crippen LogP) is 1.84. The molecule has 3 N–H and O–H groups in total. The molecular weight excluding hydrogens is 319 g/mol. The second-order valence-corrected chi connectivity index (χ2v) is 6.21. The first-order valence-electron chi connectivity index (χ1n) is 8.43. The van der Waals surface area contributed by atoms with E-state index in [-0.39, 0.29) is 23.7 Å². The first-order valence-corrected chi connectivity index (χ1v) is 8.43. The SMILES string of the molecule is CN(CCNC(=O)C1CNNC1c1ccc(F)cc1)c1ccccc1. The minimum absolute atomic E-state index is 0.00622. The van der Waals surface area contributed by atoms with E-state index in [0.29, 0.717) is 13.1 Å². The average molecular weight is 342 g/mol. The van der Waals surface area contributed by atoms with Gasteiger partial charge in [-0.2, -0.15) is 0 Å². The third-order valence-corrected chi connectivity index (χ3v) is 4.49. The molecule has 2 atom stereocenters. The number of hydrogen-bond donors (Lipinski definition) is 3. The van der Waals surface area contributed by atoms with Gasteiger partial charge in [0.15, 0.2) is 0 Å². The Kier molecular flexibility index (Phi) is 5.63. The summed E-state index contributed by atoms with van der Waals surface area (Å²) in [4.78, 5) is 14.6. The molecular formula is C19H23FN4O. The molecule has 0 aromatic heterocycles. The standard InChI is InChI=1S/C19H23FN4O/c1-24(16-5-3-2-4-6-16)12-11-21-19(25)17-13-22-23-18(17)14-7-9-15(20)10-8-14/h2-10,17-18,22-23H,11-13H2,1H3,(H,21,25). The van der Waals surface area contributed by atoms with Gasteiger partial charge in [-0.05, 0) is 29.8 Å². The van der Waals surface area contributed by atoms with Crippen LogP contribution in [0.25, 0.3) is 0 Å². The van der Waals surface area contributed by atoms with Gasteiger partial charge in [-0.15, -0.1) is 0 Å². The number of likely N-dealkylation sites (N-methyl/N-ethyl adjacent to an activating group) is 1. The molecule has 5 nitrogen and oxygen atoms in total. The van der Waals surface area contributed by atoms with Crippen molar-refractivity contribution in [3.63, 3.8) is 0 Å². The van der Waals surface area contributed by atoms with Crippen LogP contribution in [-0.2, 0) is 4.79 Å². The van der Waals surface area contributed by atoms with Crippen molar-refractivity contribution >= 4 is 11.6 Å². The molecule has 6 heteroatoms. The number of carbonyl (C=O) groups excluding carboxylic acids is 1. The maximum Gasteiger partial charge on any atom is 0.226 e. The molecule has 2 aromatic rings. The largest absolute Gasteiger partial charge is 0.373 e. The third kappa shape index (κ3) is 4.35. The smallest absolute Gasteiger partial charge is 0.226 e. The van der Waals surface area contributed by atoms with E-state index in [1.807, 2.05) is 37.4 Å². The number of amides is 1. The lowest BCUT2D eigenvalue weighted by atomic mass is 9.94. The van der Waals surface area contributed by atoms with E-state index in [0.717, 1.165) is 17.8 Å². The molecule has 1 saturated heterocycles. The van der Waals surface area contributed by atoms with Crippen LogP contribution >= 0.6 is 0 Å². The summed E-state index contributed by atoms with van der Waals surface area (Å²) in [5.41, 5.74) is 8.14. The Morgan fingerprint density at radius 2 is 1.92 bits per heavy atom. The van der Waals surface area contributed by atoms with Crippen molar-refractivity contribution in [2.24, 2.45) is 5.92 Å². The normalized spacial score (nSPS) is 19.6. The summed E-state index contributed by atoms with van der Waals surface area (Å²) in [6.45, 7) is 1.84. The highest BCUT2D eigenvalue weighted by atomic mass is 19.1. The fourth-order valence-electron chi connectivity index (χ4n) is 3.02. The lowest BCUT2D eigenvalue weighted by Crippen LogP contribution is -2.39. The number of hydrogen-bond acceptors (Lipinski definition) is 4. The van der Waals surface area contributed by atoms with Crippen molar-refractivity contribution < 1.29 is 9.18 Å². The summed E-state index contributed by atoms with van der Waals surface area (Å²) in [7, 11) is 2.00. The van der Waals surface area contributed by atoms with Crippen LogP contribution in [0.5, 0.6) is 0 Å². The van der Waals surface area contributed by atoms with Crippen LogP contribution in [0.2, 0.25) is 0 Å². The molecule has 2 unspecified atom stereocenters. The minimum Gasteiger partial charge on any atom is -0.373 e. The fraction of sp³-hybridized carbons (Fsp3) is 0.316. The second kappa shape index (κ2) is 8.09. The lowest BCUT2D eigenvalue weighted by Gasteiger charge is -2.21. The highest BCUT2D eigenvalue weighted by Crippen LogP contribution is 2.25. The molecule has 132 valence electrons. The van der Waals surface area contributed by atoms with Gasteiger partial charge in [0.2, 0.25) is 5.91 Å². The van der Waals surface area contributed by atoms with Crippen molar-refractivity contribution in [1.29, 1.82) is 0 Å². The van der Waals surface area contributed by atoms with Gasteiger partial charge < -0.3 is 10.2 Å². The average Bonchev–Trinajstić information content (AvgIpc) is 3.13. The Morgan fingerprint density at radius 3 is 2.64 bits per heavy atom. The fourth-order valence-corrected chi connectivity index (χ4v) is 3.02. The van der Waals surface area contributed by atoms with Gasteiger partial charge in [0.1, 0.15) is 5.82 Å². The van der Waals surface area contributed by atoms with E-state index >= 15 is 0 Å². The van der Waals surface area contributed by atoms with Crippen LogP contribution in [0.3, 0.4) is 0 Å². The summed E-state index contributed by atoms with van der Waals surface area (Å²) < 4.78 is 13.1. The minimum atomic E-state index is -0.278. The molecule has 25 heavy (non-hydrogen) atoms. The maximum absolute atomic E-state index is 13.1. The van der Waals surface area contributed by atoms with Gasteiger partial charge in [-0.1, -0.05) is 30.3 Å². The van der Waals surface area contributed by atoms with Crippen molar-refractivity contribution in [3.8, 4) is 0 Å². The summed E-state index contributed by atoms with van der Waals surface area (Å²) in [5, 5.41) is 3.00. The monoisotopic (exact) mass is 342 g/mol. The zero-order valence-electron chi connectivity index (χ0n) is 14.2. The van der Waals surface area contributed by atoms with E-state index < -0.39 is 0 Å². The first kappa shape index (κ1) is 17.4. The van der Waals surface area contributed by atoms with Gasteiger partial charge in [0.25, 0.3) is 0 Å². The molecule has 1 fully saturated rings. The third-order valence-electron chi connectivity index (χ3n) is 4.49. The van der Waals surface area contributed by atoms with Crippen LogP contribution in [0.1, 0.15) is 11.6 Å². The molecule has 0 radical (unpaired) electrons. The van der Waals surface area contributed by atoms with E-state index in [9.17, 15) is 9.18 Å². The van der Waals surface area contributed by atoms with Crippen LogP contribution in [0.15, 0.2) is 54.6 Å². The summed E-state index contributed by atoms with van der Waals surface area (Å²) in [6.07, 6.45) is 0. The molecule has 2 aromatic carbocycles. The number of benzene rings is 2. The summed E-state index contributed by atoms with van der Waals surface area (Å²) >= 11 is 0. The predicted molar refractivity (Wildman–Crippen MR) is 96.5 cm³/mol. The van der Waals surface area contributed by atoms with Crippen molar-refractivity contribution in [2.45, 2.75) is 6.04 Å². The number of anilines is 1. The van der Waals surface area contributed by atoms with E-state index in [2.05, 4.69) is 21.1 Å². The Balaban J connectivity index is 1.53. The highest BCUT2D eigenvalue weighted by molar-refractivity contribution is 5.80. The number of nitrogens with zero attached hydrogens (tertiary/aromatic N) is 1. The van der Waals surface area contributed by atoms with Crippen LogP contribution < -0.4 is 21.1 Å². The van der Waals surface area contributed by atoms with Crippen molar-refractivity contribution in [3.05, 3.63) is 66.0 Å². The van der Waals surface area contributed by atoms with Crippen LogP contribution in [-0.4, -0.2) is 32.6 Å². The number of nitrogens with one attached hydrogen (secondary N) is 3. The molecule has 0 bridgehead atoms. The molecule has 3 rings (SSSR count). The van der Waals surface area contributed by atoms with Gasteiger partial charge in [0, 0.05) is 32.4 Å². The number of para-hydroxylation sites is 1. The number of halogens is 1. The highest BCUT2D eigenvalue weighted by Gasteiger charge is 2.33. The zero-order chi connectivity index (χ0) is 17.6. The number of rotatable bonds is 6. The van der Waals surface area contributed by atoms with E-state index in [4.69, 9.17) is 0 Å². The van der Waals surface area contributed by atoms with Crippen molar-refractivity contribution in [2.75, 3.05) is 31.6 Å². The van der Waals surface area contributed by atoms with E-state index in [1.165, 1.54) is 12.1 Å².